The molecule has 0 saturated carbocycles. The third kappa shape index (κ3) is 4.44. The van der Waals surface area contributed by atoms with E-state index in [1.54, 1.807) is 0 Å². The van der Waals surface area contributed by atoms with Gasteiger partial charge in [-0.25, -0.2) is 4.98 Å². The number of benzene rings is 2. The highest BCUT2D eigenvalue weighted by molar-refractivity contribution is 5.82. The second kappa shape index (κ2) is 8.99. The molecule has 0 atom stereocenters. The molecule has 0 aliphatic carbocycles. The first kappa shape index (κ1) is 20.5. The normalized spacial score (nSPS) is 14.8. The van der Waals surface area contributed by atoms with Crippen molar-refractivity contribution in [3.8, 4) is 11.1 Å². The summed E-state index contributed by atoms with van der Waals surface area (Å²) in [6, 6.07) is 16.7. The van der Waals surface area contributed by atoms with Gasteiger partial charge in [0.05, 0.1) is 23.6 Å². The minimum atomic E-state index is 0.281. The molecule has 0 unspecified atom stereocenters. The van der Waals surface area contributed by atoms with Crippen LogP contribution in [0.15, 0.2) is 67.3 Å². The van der Waals surface area contributed by atoms with Crippen molar-refractivity contribution in [3.63, 3.8) is 0 Å². The second-order valence-electron chi connectivity index (χ2n) is 8.81. The fraction of sp³-hybridized carbons (Fsp3) is 0.346. The Labute approximate surface area is 188 Å². The Kier molecular flexibility index (Phi) is 5.75. The summed E-state index contributed by atoms with van der Waals surface area (Å²) in [5.74, 6) is 0.854. The molecule has 5 rings (SSSR count). The van der Waals surface area contributed by atoms with Crippen molar-refractivity contribution in [2.45, 2.75) is 32.2 Å². The molecule has 1 amide bonds. The van der Waals surface area contributed by atoms with Crippen LogP contribution in [0.5, 0.6) is 0 Å². The monoisotopic (exact) mass is 427 g/mol. The molecule has 1 fully saturated rings. The summed E-state index contributed by atoms with van der Waals surface area (Å²) >= 11 is 0. The van der Waals surface area contributed by atoms with Gasteiger partial charge in [-0.3, -0.25) is 9.48 Å². The number of amides is 1. The fourth-order valence-electron chi connectivity index (χ4n) is 4.66. The van der Waals surface area contributed by atoms with E-state index < -0.39 is 0 Å². The molecule has 4 aromatic rings. The van der Waals surface area contributed by atoms with Gasteiger partial charge in [0.2, 0.25) is 5.91 Å². The molecule has 1 aliphatic heterocycles. The van der Waals surface area contributed by atoms with Crippen LogP contribution >= 0.6 is 0 Å². The highest BCUT2D eigenvalue weighted by Gasteiger charge is 2.23. The fourth-order valence-corrected chi connectivity index (χ4v) is 4.66. The smallest absolute Gasteiger partial charge is 0.222 e. The average Bonchev–Trinajstić information content (AvgIpc) is 3.44. The lowest BCUT2D eigenvalue weighted by molar-refractivity contribution is -0.132. The molecule has 0 bridgehead atoms. The van der Waals surface area contributed by atoms with Gasteiger partial charge in [0.1, 0.15) is 0 Å². The number of likely N-dealkylation sites (tertiary alicyclic amines) is 1. The van der Waals surface area contributed by atoms with E-state index in [4.69, 9.17) is 0 Å². The van der Waals surface area contributed by atoms with Gasteiger partial charge in [-0.2, -0.15) is 5.10 Å². The summed E-state index contributed by atoms with van der Waals surface area (Å²) in [7, 11) is 1.93. The van der Waals surface area contributed by atoms with E-state index in [1.807, 2.05) is 53.5 Å². The van der Waals surface area contributed by atoms with Crippen LogP contribution in [-0.4, -0.2) is 43.2 Å². The molecular weight excluding hydrogens is 398 g/mol. The number of imidazole rings is 1. The number of aromatic nitrogens is 4. The summed E-state index contributed by atoms with van der Waals surface area (Å²) < 4.78 is 4.08. The summed E-state index contributed by atoms with van der Waals surface area (Å²) in [4.78, 5) is 19.3. The predicted molar refractivity (Wildman–Crippen MR) is 126 cm³/mol. The third-order valence-electron chi connectivity index (χ3n) is 6.55. The molecular formula is C26H29N5O. The third-order valence-corrected chi connectivity index (χ3v) is 6.55. The van der Waals surface area contributed by atoms with Crippen molar-refractivity contribution >= 4 is 16.9 Å². The topological polar surface area (TPSA) is 56.0 Å². The zero-order valence-corrected chi connectivity index (χ0v) is 18.5. The summed E-state index contributed by atoms with van der Waals surface area (Å²) in [5, 5.41) is 4.26. The molecule has 2 aromatic heterocycles. The Balaban J connectivity index is 1.17. The van der Waals surface area contributed by atoms with Gasteiger partial charge in [0.15, 0.2) is 0 Å². The highest BCUT2D eigenvalue weighted by Crippen LogP contribution is 2.26. The van der Waals surface area contributed by atoms with Crippen LogP contribution in [0.3, 0.4) is 0 Å². The number of hydrogen-bond acceptors (Lipinski definition) is 3. The molecule has 32 heavy (non-hydrogen) atoms. The van der Waals surface area contributed by atoms with Gasteiger partial charge in [0, 0.05) is 44.9 Å². The Bertz CT molecular complexity index is 1200. The van der Waals surface area contributed by atoms with Crippen molar-refractivity contribution in [1.82, 2.24) is 24.2 Å². The van der Waals surface area contributed by atoms with Crippen LogP contribution in [0, 0.1) is 5.92 Å². The molecule has 0 spiro atoms. The lowest BCUT2D eigenvalue weighted by Crippen LogP contribution is -2.39. The quantitative estimate of drug-likeness (QED) is 0.461. The Morgan fingerprint density at radius 3 is 2.62 bits per heavy atom. The average molecular weight is 428 g/mol. The van der Waals surface area contributed by atoms with Crippen molar-refractivity contribution in [2.24, 2.45) is 13.0 Å². The van der Waals surface area contributed by atoms with Gasteiger partial charge < -0.3 is 9.47 Å². The molecule has 2 aromatic carbocycles. The number of carbonyl (C=O) groups excluding carboxylic acids is 1. The second-order valence-corrected chi connectivity index (χ2v) is 8.81. The summed E-state index contributed by atoms with van der Waals surface area (Å²) in [6.07, 6.45) is 9.37. The maximum absolute atomic E-state index is 12.6. The van der Waals surface area contributed by atoms with E-state index in [9.17, 15) is 4.79 Å². The highest BCUT2D eigenvalue weighted by atomic mass is 16.2. The van der Waals surface area contributed by atoms with Gasteiger partial charge in [-0.1, -0.05) is 36.4 Å². The van der Waals surface area contributed by atoms with Gasteiger partial charge in [-0.05, 0) is 48.4 Å². The first-order valence-electron chi connectivity index (χ1n) is 11.4. The molecule has 164 valence electrons. The minimum absolute atomic E-state index is 0.281. The number of piperidine rings is 1. The predicted octanol–water partition coefficient (Wildman–Crippen LogP) is 4.31. The molecule has 1 saturated heterocycles. The Morgan fingerprint density at radius 1 is 1.06 bits per heavy atom. The summed E-state index contributed by atoms with van der Waals surface area (Å²) in [5.41, 5.74) is 5.65. The van der Waals surface area contributed by atoms with Crippen molar-refractivity contribution < 1.29 is 4.79 Å². The van der Waals surface area contributed by atoms with Crippen LogP contribution in [0.4, 0.5) is 0 Å². The maximum Gasteiger partial charge on any atom is 0.222 e. The molecule has 6 nitrogen and oxygen atoms in total. The number of rotatable bonds is 6. The Hall–Kier alpha value is -3.41. The summed E-state index contributed by atoms with van der Waals surface area (Å²) in [6.45, 7) is 2.67. The van der Waals surface area contributed by atoms with Gasteiger partial charge >= 0.3 is 0 Å². The number of hydrogen-bond donors (Lipinski definition) is 0. The van der Waals surface area contributed by atoms with E-state index in [-0.39, 0.29) is 5.91 Å². The SMILES string of the molecule is Cn1cc(-c2ccc3c(c2)ncn3CC2CCN(C(=O)CCc3ccccc3)CC2)cn1. The van der Waals surface area contributed by atoms with Crippen molar-refractivity contribution in [1.29, 1.82) is 0 Å². The number of carbonyl (C=O) groups is 1. The van der Waals surface area contributed by atoms with E-state index >= 15 is 0 Å². The molecule has 3 heterocycles. The number of nitrogens with zero attached hydrogens (tertiary/aromatic N) is 5. The van der Waals surface area contributed by atoms with E-state index in [1.165, 1.54) is 11.1 Å². The van der Waals surface area contributed by atoms with Crippen LogP contribution in [0.2, 0.25) is 0 Å². The standard InChI is InChI=1S/C26H29N5O/c1-29-18-23(16-28-29)22-8-9-25-24(15-22)27-19-31(25)17-21-11-13-30(14-12-21)26(32)10-7-20-5-3-2-4-6-20/h2-6,8-9,15-16,18-19,21H,7,10-14,17H2,1H3. The number of aryl methyl sites for hydroxylation is 2. The first-order chi connectivity index (χ1) is 15.7. The molecule has 6 heteroatoms. The van der Waals surface area contributed by atoms with E-state index in [0.717, 1.165) is 55.5 Å². The largest absolute Gasteiger partial charge is 0.343 e. The van der Waals surface area contributed by atoms with Crippen LogP contribution in [0.25, 0.3) is 22.2 Å². The van der Waals surface area contributed by atoms with Crippen molar-refractivity contribution in [2.75, 3.05) is 13.1 Å². The van der Waals surface area contributed by atoms with Gasteiger partial charge in [0.25, 0.3) is 0 Å². The zero-order valence-electron chi connectivity index (χ0n) is 18.5. The van der Waals surface area contributed by atoms with Gasteiger partial charge in [-0.15, -0.1) is 0 Å². The van der Waals surface area contributed by atoms with E-state index in [0.29, 0.717) is 12.3 Å². The minimum Gasteiger partial charge on any atom is -0.343 e. The number of fused-ring (bicyclic) bond motifs is 1. The van der Waals surface area contributed by atoms with Crippen LogP contribution in [0.1, 0.15) is 24.8 Å². The zero-order chi connectivity index (χ0) is 21.9. The molecule has 0 N–H and O–H groups in total. The Morgan fingerprint density at radius 2 is 1.88 bits per heavy atom. The van der Waals surface area contributed by atoms with Crippen LogP contribution in [-0.2, 0) is 24.8 Å². The lowest BCUT2D eigenvalue weighted by atomic mass is 9.96. The van der Waals surface area contributed by atoms with Crippen molar-refractivity contribution in [3.05, 3.63) is 72.8 Å². The first-order valence-corrected chi connectivity index (χ1v) is 11.4. The molecule has 0 radical (unpaired) electrons. The molecule has 1 aliphatic rings. The lowest BCUT2D eigenvalue weighted by Gasteiger charge is -2.32. The van der Waals surface area contributed by atoms with Crippen LogP contribution < -0.4 is 0 Å². The van der Waals surface area contributed by atoms with E-state index in [2.05, 4.69) is 45.0 Å². The maximum atomic E-state index is 12.6.